The summed E-state index contributed by atoms with van der Waals surface area (Å²) in [6, 6.07) is 6.15. The van der Waals surface area contributed by atoms with Crippen LogP contribution in [0.25, 0.3) is 0 Å². The van der Waals surface area contributed by atoms with Gasteiger partial charge in [-0.15, -0.1) is 11.3 Å². The molecule has 0 saturated carbocycles. The number of hydrogen-bond donors (Lipinski definition) is 1. The molecule has 1 aromatic carbocycles. The van der Waals surface area contributed by atoms with Gasteiger partial charge in [-0.25, -0.2) is 4.98 Å². The van der Waals surface area contributed by atoms with E-state index in [-0.39, 0.29) is 5.91 Å². The number of amides is 1. The average Bonchev–Trinajstić information content (AvgIpc) is 2.84. The van der Waals surface area contributed by atoms with Crippen LogP contribution in [0.2, 0.25) is 0 Å². The summed E-state index contributed by atoms with van der Waals surface area (Å²) >= 11 is 1.63. The molecule has 0 fully saturated rings. The summed E-state index contributed by atoms with van der Waals surface area (Å²) in [6.07, 6.45) is 1.16. The average molecular weight is 302 g/mol. The molecule has 4 heteroatoms. The van der Waals surface area contributed by atoms with E-state index in [1.165, 1.54) is 5.56 Å². The van der Waals surface area contributed by atoms with Crippen molar-refractivity contribution in [2.45, 2.75) is 46.5 Å². The van der Waals surface area contributed by atoms with Gasteiger partial charge in [0.1, 0.15) is 0 Å². The molecule has 0 aliphatic rings. The summed E-state index contributed by atoms with van der Waals surface area (Å²) in [5.74, 6) is 0.443. The minimum atomic E-state index is 0.0526. The highest BCUT2D eigenvalue weighted by Gasteiger charge is 2.12. The fraction of sp³-hybridized carbons (Fsp3) is 0.412. The van der Waals surface area contributed by atoms with Crippen LogP contribution in [-0.2, 0) is 11.2 Å². The third kappa shape index (κ3) is 4.14. The molecule has 0 saturated heterocycles. The second-order valence-electron chi connectivity index (χ2n) is 5.60. The maximum atomic E-state index is 12.2. The Morgan fingerprint density at radius 3 is 2.71 bits per heavy atom. The molecule has 1 heterocycles. The fourth-order valence-corrected chi connectivity index (χ4v) is 2.96. The Morgan fingerprint density at radius 2 is 2.10 bits per heavy atom. The number of para-hydroxylation sites is 1. The summed E-state index contributed by atoms with van der Waals surface area (Å²) in [5.41, 5.74) is 4.26. The Kier molecular flexibility index (Phi) is 5.12. The highest BCUT2D eigenvalue weighted by atomic mass is 32.1. The second kappa shape index (κ2) is 6.85. The van der Waals surface area contributed by atoms with Crippen molar-refractivity contribution in [1.29, 1.82) is 0 Å². The Balaban J connectivity index is 2.02. The SMILES string of the molecule is Cc1nc(CCC(=O)Nc2c(C)cccc2C(C)C)cs1. The van der Waals surface area contributed by atoms with E-state index in [1.807, 2.05) is 31.4 Å². The van der Waals surface area contributed by atoms with E-state index < -0.39 is 0 Å². The van der Waals surface area contributed by atoms with E-state index in [4.69, 9.17) is 0 Å². The van der Waals surface area contributed by atoms with Gasteiger partial charge in [0.25, 0.3) is 0 Å². The highest BCUT2D eigenvalue weighted by molar-refractivity contribution is 7.09. The molecule has 0 aliphatic heterocycles. The smallest absolute Gasteiger partial charge is 0.224 e. The number of nitrogens with zero attached hydrogens (tertiary/aromatic N) is 1. The molecule has 1 aromatic heterocycles. The lowest BCUT2D eigenvalue weighted by Gasteiger charge is -2.16. The molecule has 112 valence electrons. The lowest BCUT2D eigenvalue weighted by molar-refractivity contribution is -0.116. The van der Waals surface area contributed by atoms with Crippen LogP contribution in [0.1, 0.15) is 48.0 Å². The molecule has 0 bridgehead atoms. The number of aryl methyl sites for hydroxylation is 3. The van der Waals surface area contributed by atoms with Gasteiger partial charge in [-0.1, -0.05) is 32.0 Å². The summed E-state index contributed by atoms with van der Waals surface area (Å²) in [6.45, 7) is 8.30. The van der Waals surface area contributed by atoms with E-state index in [1.54, 1.807) is 11.3 Å². The Morgan fingerprint density at radius 1 is 1.33 bits per heavy atom. The van der Waals surface area contributed by atoms with Gasteiger partial charge in [-0.2, -0.15) is 0 Å². The summed E-state index contributed by atoms with van der Waals surface area (Å²) in [5, 5.41) is 6.15. The number of carbonyl (C=O) groups is 1. The van der Waals surface area contributed by atoms with Crippen molar-refractivity contribution in [3.8, 4) is 0 Å². The third-order valence-electron chi connectivity index (χ3n) is 3.47. The predicted molar refractivity (Wildman–Crippen MR) is 89.1 cm³/mol. The third-order valence-corrected chi connectivity index (χ3v) is 4.29. The molecule has 0 aliphatic carbocycles. The van der Waals surface area contributed by atoms with Crippen LogP contribution in [0.15, 0.2) is 23.6 Å². The van der Waals surface area contributed by atoms with Crippen molar-refractivity contribution in [2.24, 2.45) is 0 Å². The molecular formula is C17H22N2OS. The largest absolute Gasteiger partial charge is 0.326 e. The number of hydrogen-bond acceptors (Lipinski definition) is 3. The molecule has 0 unspecified atom stereocenters. The van der Waals surface area contributed by atoms with Crippen LogP contribution in [0, 0.1) is 13.8 Å². The molecule has 1 amide bonds. The quantitative estimate of drug-likeness (QED) is 0.886. The number of thiazole rings is 1. The van der Waals surface area contributed by atoms with Gasteiger partial charge in [0.2, 0.25) is 5.91 Å². The van der Waals surface area contributed by atoms with Crippen LogP contribution in [-0.4, -0.2) is 10.9 Å². The highest BCUT2D eigenvalue weighted by Crippen LogP contribution is 2.27. The molecule has 2 aromatic rings. The van der Waals surface area contributed by atoms with Gasteiger partial charge in [0.05, 0.1) is 10.7 Å². The van der Waals surface area contributed by atoms with Gasteiger partial charge < -0.3 is 5.32 Å². The van der Waals surface area contributed by atoms with Crippen LogP contribution < -0.4 is 5.32 Å². The maximum absolute atomic E-state index is 12.2. The summed E-state index contributed by atoms with van der Waals surface area (Å²) in [4.78, 5) is 16.6. The number of nitrogens with one attached hydrogen (secondary N) is 1. The van der Waals surface area contributed by atoms with Crippen LogP contribution in [0.4, 0.5) is 5.69 Å². The monoisotopic (exact) mass is 302 g/mol. The molecule has 0 atom stereocenters. The summed E-state index contributed by atoms with van der Waals surface area (Å²) in [7, 11) is 0. The lowest BCUT2D eigenvalue weighted by atomic mass is 9.98. The van der Waals surface area contributed by atoms with Crippen LogP contribution in [0.3, 0.4) is 0 Å². The normalized spacial score (nSPS) is 10.9. The number of aromatic nitrogens is 1. The van der Waals surface area contributed by atoms with E-state index >= 15 is 0 Å². The van der Waals surface area contributed by atoms with Crippen molar-refractivity contribution in [2.75, 3.05) is 5.32 Å². The molecule has 0 spiro atoms. The summed E-state index contributed by atoms with van der Waals surface area (Å²) < 4.78 is 0. The van der Waals surface area contributed by atoms with Crippen LogP contribution >= 0.6 is 11.3 Å². The first-order valence-electron chi connectivity index (χ1n) is 7.27. The Bertz CT molecular complexity index is 631. The molecule has 2 rings (SSSR count). The van der Waals surface area contributed by atoms with Gasteiger partial charge >= 0.3 is 0 Å². The van der Waals surface area contributed by atoms with Crippen molar-refractivity contribution in [3.05, 3.63) is 45.4 Å². The molecule has 1 N–H and O–H groups in total. The molecule has 0 radical (unpaired) electrons. The second-order valence-corrected chi connectivity index (χ2v) is 6.66. The van der Waals surface area contributed by atoms with Gasteiger partial charge in [-0.3, -0.25) is 4.79 Å². The number of anilines is 1. The van der Waals surface area contributed by atoms with E-state index in [0.29, 0.717) is 18.8 Å². The van der Waals surface area contributed by atoms with Gasteiger partial charge in [-0.05, 0) is 37.3 Å². The first kappa shape index (κ1) is 15.7. The maximum Gasteiger partial charge on any atom is 0.224 e. The molecule has 3 nitrogen and oxygen atoms in total. The fourth-order valence-electron chi connectivity index (χ4n) is 2.31. The van der Waals surface area contributed by atoms with Crippen molar-refractivity contribution in [3.63, 3.8) is 0 Å². The van der Waals surface area contributed by atoms with Crippen molar-refractivity contribution in [1.82, 2.24) is 4.98 Å². The lowest BCUT2D eigenvalue weighted by Crippen LogP contribution is -2.15. The van der Waals surface area contributed by atoms with E-state index in [0.717, 1.165) is 22.0 Å². The minimum absolute atomic E-state index is 0.0526. The number of benzene rings is 1. The van der Waals surface area contributed by atoms with E-state index in [9.17, 15) is 4.79 Å². The van der Waals surface area contributed by atoms with E-state index in [2.05, 4.69) is 30.2 Å². The Labute approximate surface area is 130 Å². The predicted octanol–water partition coefficient (Wildman–Crippen LogP) is 4.45. The zero-order valence-corrected chi connectivity index (χ0v) is 13.9. The first-order chi connectivity index (χ1) is 9.97. The standard InChI is InChI=1S/C17H22N2OS/c1-11(2)15-7-5-6-12(3)17(15)19-16(20)9-8-14-10-21-13(4)18-14/h5-7,10-11H,8-9H2,1-4H3,(H,19,20). The topological polar surface area (TPSA) is 42.0 Å². The van der Waals surface area contributed by atoms with Crippen LogP contribution in [0.5, 0.6) is 0 Å². The molecular weight excluding hydrogens is 280 g/mol. The first-order valence-corrected chi connectivity index (χ1v) is 8.15. The Hall–Kier alpha value is -1.68. The number of carbonyl (C=O) groups excluding carboxylic acids is 1. The zero-order valence-electron chi connectivity index (χ0n) is 13.1. The molecule has 21 heavy (non-hydrogen) atoms. The zero-order chi connectivity index (χ0) is 15.4. The van der Waals surface area contributed by atoms with Gasteiger partial charge in [0.15, 0.2) is 0 Å². The van der Waals surface area contributed by atoms with Crippen molar-refractivity contribution >= 4 is 22.9 Å². The minimum Gasteiger partial charge on any atom is -0.326 e. The van der Waals surface area contributed by atoms with Crippen molar-refractivity contribution < 1.29 is 4.79 Å². The number of rotatable bonds is 5. The van der Waals surface area contributed by atoms with Gasteiger partial charge in [0, 0.05) is 17.5 Å².